The van der Waals surface area contributed by atoms with E-state index in [2.05, 4.69) is 24.3 Å². The molecule has 2 atom stereocenters. The van der Waals surface area contributed by atoms with Crippen LogP contribution >= 0.6 is 11.6 Å². The summed E-state index contributed by atoms with van der Waals surface area (Å²) in [6.45, 7) is 6.62. The molecular formula is C17H28ClN3. The molecule has 2 fully saturated rings. The summed E-state index contributed by atoms with van der Waals surface area (Å²) < 4.78 is 2.02. The van der Waals surface area contributed by atoms with E-state index in [4.69, 9.17) is 11.6 Å². The number of fused-ring (bicyclic) bond motifs is 1. The van der Waals surface area contributed by atoms with E-state index < -0.39 is 0 Å². The van der Waals surface area contributed by atoms with Gasteiger partial charge in [-0.25, -0.2) is 0 Å². The Morgan fingerprint density at radius 1 is 1.33 bits per heavy atom. The van der Waals surface area contributed by atoms with Gasteiger partial charge in [-0.05, 0) is 62.3 Å². The fourth-order valence-corrected chi connectivity index (χ4v) is 4.62. The highest BCUT2D eigenvalue weighted by atomic mass is 35.5. The monoisotopic (exact) mass is 309 g/mol. The highest BCUT2D eigenvalue weighted by Gasteiger charge is 2.53. The molecule has 1 aromatic rings. The minimum atomic E-state index is 0.408. The van der Waals surface area contributed by atoms with Crippen LogP contribution in [-0.2, 0) is 19.9 Å². The standard InChI is InChI=1S/C17H28ClN3/c1-4-6-19-11-17(8-12-7-13(12)9-17)10-15-16(18)14(5-2)20-21(15)3/h12-13,19H,4-11H2,1-3H3. The molecule has 2 aliphatic rings. The van der Waals surface area contributed by atoms with Crippen LogP contribution in [-0.4, -0.2) is 22.9 Å². The van der Waals surface area contributed by atoms with E-state index in [1.165, 1.54) is 31.4 Å². The van der Waals surface area contributed by atoms with Gasteiger partial charge in [-0.1, -0.05) is 25.4 Å². The zero-order chi connectivity index (χ0) is 15.0. The number of nitrogens with zero attached hydrogens (tertiary/aromatic N) is 2. The fraction of sp³-hybridized carbons (Fsp3) is 0.824. The Morgan fingerprint density at radius 2 is 2.05 bits per heavy atom. The first-order valence-corrected chi connectivity index (χ1v) is 8.87. The SMILES string of the molecule is CCCNCC1(Cc2c(Cl)c(CC)nn2C)CC2CC2C1. The Balaban J connectivity index is 1.77. The minimum Gasteiger partial charge on any atom is -0.316 e. The zero-order valence-corrected chi connectivity index (χ0v) is 14.3. The van der Waals surface area contributed by atoms with Crippen molar-refractivity contribution in [1.29, 1.82) is 0 Å². The summed E-state index contributed by atoms with van der Waals surface area (Å²) in [6, 6.07) is 0. The first-order chi connectivity index (χ1) is 10.1. The minimum absolute atomic E-state index is 0.408. The zero-order valence-electron chi connectivity index (χ0n) is 13.6. The lowest BCUT2D eigenvalue weighted by Gasteiger charge is -2.31. The first-order valence-electron chi connectivity index (χ1n) is 8.49. The van der Waals surface area contributed by atoms with Crippen LogP contribution in [0.1, 0.15) is 50.9 Å². The first kappa shape index (κ1) is 15.4. The number of hydrogen-bond donors (Lipinski definition) is 1. The summed E-state index contributed by atoms with van der Waals surface area (Å²) in [7, 11) is 2.04. The summed E-state index contributed by atoms with van der Waals surface area (Å²) >= 11 is 6.58. The molecule has 2 aliphatic carbocycles. The molecule has 2 unspecified atom stereocenters. The molecule has 0 aromatic carbocycles. The second kappa shape index (κ2) is 5.92. The average molecular weight is 310 g/mol. The highest BCUT2D eigenvalue weighted by molar-refractivity contribution is 6.31. The lowest BCUT2D eigenvalue weighted by molar-refractivity contribution is 0.244. The molecule has 0 spiro atoms. The van der Waals surface area contributed by atoms with Crippen molar-refractivity contribution in [1.82, 2.24) is 15.1 Å². The van der Waals surface area contributed by atoms with Gasteiger partial charge in [0.2, 0.25) is 0 Å². The van der Waals surface area contributed by atoms with Gasteiger partial charge < -0.3 is 5.32 Å². The van der Waals surface area contributed by atoms with Gasteiger partial charge in [-0.15, -0.1) is 0 Å². The average Bonchev–Trinajstić information content (AvgIpc) is 3.00. The van der Waals surface area contributed by atoms with Crippen molar-refractivity contribution >= 4 is 11.6 Å². The van der Waals surface area contributed by atoms with Crippen molar-refractivity contribution in [2.24, 2.45) is 24.3 Å². The third-order valence-electron chi connectivity index (χ3n) is 5.43. The molecule has 1 heterocycles. The highest BCUT2D eigenvalue weighted by Crippen LogP contribution is 2.60. The van der Waals surface area contributed by atoms with Gasteiger partial charge in [0.25, 0.3) is 0 Å². The van der Waals surface area contributed by atoms with Crippen molar-refractivity contribution in [2.75, 3.05) is 13.1 Å². The molecule has 1 N–H and O–H groups in total. The smallest absolute Gasteiger partial charge is 0.0849 e. The van der Waals surface area contributed by atoms with Gasteiger partial charge in [-0.3, -0.25) is 4.68 Å². The number of aromatic nitrogens is 2. The van der Waals surface area contributed by atoms with Gasteiger partial charge >= 0.3 is 0 Å². The lowest BCUT2D eigenvalue weighted by atomic mass is 9.78. The van der Waals surface area contributed by atoms with E-state index in [0.29, 0.717) is 5.41 Å². The van der Waals surface area contributed by atoms with Crippen molar-refractivity contribution in [2.45, 2.75) is 52.4 Å². The fourth-order valence-electron chi connectivity index (χ4n) is 4.25. The van der Waals surface area contributed by atoms with Crippen LogP contribution in [0.3, 0.4) is 0 Å². The van der Waals surface area contributed by atoms with E-state index in [1.54, 1.807) is 0 Å². The molecule has 0 radical (unpaired) electrons. The van der Waals surface area contributed by atoms with E-state index in [1.807, 2.05) is 11.7 Å². The Bertz CT molecular complexity index is 498. The molecule has 1 aromatic heterocycles. The molecular weight excluding hydrogens is 282 g/mol. The molecule has 118 valence electrons. The number of halogens is 1. The second-order valence-corrected chi connectivity index (χ2v) is 7.58. The maximum atomic E-state index is 6.58. The molecule has 0 amide bonds. The molecule has 0 saturated heterocycles. The molecule has 3 rings (SSSR count). The normalized spacial score (nSPS) is 30.7. The van der Waals surface area contributed by atoms with Crippen LogP contribution in [0, 0.1) is 17.3 Å². The molecule has 3 nitrogen and oxygen atoms in total. The Labute approximate surface area is 133 Å². The third-order valence-corrected chi connectivity index (χ3v) is 5.87. The van der Waals surface area contributed by atoms with Gasteiger partial charge in [0.05, 0.1) is 16.4 Å². The maximum Gasteiger partial charge on any atom is 0.0849 e. The van der Waals surface area contributed by atoms with Crippen LogP contribution in [0.5, 0.6) is 0 Å². The number of nitrogens with one attached hydrogen (secondary N) is 1. The summed E-state index contributed by atoms with van der Waals surface area (Å²) in [5.74, 6) is 1.98. The number of aryl methyl sites for hydroxylation is 2. The topological polar surface area (TPSA) is 29.9 Å². The van der Waals surface area contributed by atoms with Gasteiger partial charge in [0.15, 0.2) is 0 Å². The predicted molar refractivity (Wildman–Crippen MR) is 87.7 cm³/mol. The van der Waals surface area contributed by atoms with Gasteiger partial charge in [0, 0.05) is 13.6 Å². The molecule has 0 aliphatic heterocycles. The predicted octanol–water partition coefficient (Wildman–Crippen LogP) is 3.59. The van der Waals surface area contributed by atoms with Crippen molar-refractivity contribution < 1.29 is 0 Å². The second-order valence-electron chi connectivity index (χ2n) is 7.20. The Hall–Kier alpha value is -0.540. The number of hydrogen-bond acceptors (Lipinski definition) is 2. The lowest BCUT2D eigenvalue weighted by Crippen LogP contribution is -2.36. The van der Waals surface area contributed by atoms with Crippen LogP contribution < -0.4 is 5.32 Å². The number of rotatable bonds is 7. The van der Waals surface area contributed by atoms with Crippen molar-refractivity contribution in [3.63, 3.8) is 0 Å². The van der Waals surface area contributed by atoms with Crippen LogP contribution in [0.2, 0.25) is 5.02 Å². The van der Waals surface area contributed by atoms with E-state index >= 15 is 0 Å². The molecule has 21 heavy (non-hydrogen) atoms. The summed E-state index contributed by atoms with van der Waals surface area (Å²) in [5.41, 5.74) is 2.70. The largest absolute Gasteiger partial charge is 0.316 e. The van der Waals surface area contributed by atoms with Crippen LogP contribution in [0.4, 0.5) is 0 Å². The molecule has 2 saturated carbocycles. The van der Waals surface area contributed by atoms with E-state index in [-0.39, 0.29) is 0 Å². The quantitative estimate of drug-likeness (QED) is 0.780. The Kier molecular flexibility index (Phi) is 4.33. The van der Waals surface area contributed by atoms with E-state index in [0.717, 1.165) is 48.5 Å². The Morgan fingerprint density at radius 3 is 2.62 bits per heavy atom. The van der Waals surface area contributed by atoms with Crippen LogP contribution in [0.15, 0.2) is 0 Å². The van der Waals surface area contributed by atoms with Crippen LogP contribution in [0.25, 0.3) is 0 Å². The summed E-state index contributed by atoms with van der Waals surface area (Å²) in [6.07, 6.45) is 7.41. The molecule has 4 heteroatoms. The summed E-state index contributed by atoms with van der Waals surface area (Å²) in [4.78, 5) is 0. The van der Waals surface area contributed by atoms with Gasteiger partial charge in [-0.2, -0.15) is 5.10 Å². The van der Waals surface area contributed by atoms with Crippen molar-refractivity contribution in [3.8, 4) is 0 Å². The summed E-state index contributed by atoms with van der Waals surface area (Å²) in [5, 5.41) is 9.17. The van der Waals surface area contributed by atoms with E-state index in [9.17, 15) is 0 Å². The van der Waals surface area contributed by atoms with Gasteiger partial charge in [0.1, 0.15) is 0 Å². The van der Waals surface area contributed by atoms with Crippen molar-refractivity contribution in [3.05, 3.63) is 16.4 Å². The maximum absolute atomic E-state index is 6.58. The third kappa shape index (κ3) is 3.00. The molecule has 0 bridgehead atoms.